The maximum atomic E-state index is 12.0. The lowest BCUT2D eigenvalue weighted by Crippen LogP contribution is -2.33. The Hall–Kier alpha value is -1.95. The van der Waals surface area contributed by atoms with E-state index in [2.05, 4.69) is 34.4 Å². The van der Waals surface area contributed by atoms with Gasteiger partial charge in [0.1, 0.15) is 5.52 Å². The Labute approximate surface area is 118 Å². The molecule has 0 spiro atoms. The van der Waals surface area contributed by atoms with Gasteiger partial charge in [0.05, 0.1) is 5.10 Å². The molecule has 106 valence electrons. The first-order valence-electron chi connectivity index (χ1n) is 6.92. The van der Waals surface area contributed by atoms with Crippen LogP contribution in [0, 0.1) is 5.21 Å². The van der Waals surface area contributed by atoms with Crippen molar-refractivity contribution in [3.63, 3.8) is 0 Å². The maximum Gasteiger partial charge on any atom is 0.290 e. The molecular weight excluding hydrogens is 254 g/mol. The molecule has 1 unspecified atom stereocenters. The molecule has 6 heteroatoms. The smallest absolute Gasteiger partial charge is 0.290 e. The number of hydrogen-bond donors (Lipinski definition) is 1. The number of aromatic nitrogens is 3. The summed E-state index contributed by atoms with van der Waals surface area (Å²) in [6, 6.07) is 4.48. The largest absolute Gasteiger partial charge is 0.594 e. The van der Waals surface area contributed by atoms with E-state index in [1.165, 1.54) is 11.1 Å². The lowest BCUT2D eigenvalue weighted by atomic mass is 10.1. The van der Waals surface area contributed by atoms with Gasteiger partial charge in [-0.1, -0.05) is 0 Å². The molecular formula is C14H19N5O. The topological polar surface area (TPSA) is 68.0 Å². The zero-order valence-electron chi connectivity index (χ0n) is 12.1. The lowest BCUT2D eigenvalue weighted by molar-refractivity contribution is -0.641. The zero-order chi connectivity index (χ0) is 14.3. The van der Waals surface area contributed by atoms with Gasteiger partial charge in [-0.25, -0.2) is 4.98 Å². The SMILES string of the molecule is CCNc1nc2cc3c(cc2[n+]([O-])n1)CC(N(C)C)C3. The second kappa shape index (κ2) is 4.86. The van der Waals surface area contributed by atoms with Crippen LogP contribution >= 0.6 is 0 Å². The number of nitrogens with one attached hydrogen (secondary N) is 1. The molecule has 1 N–H and O–H groups in total. The number of likely N-dealkylation sites (N-methyl/N-ethyl adjacent to an activating group) is 1. The van der Waals surface area contributed by atoms with Crippen molar-refractivity contribution >= 4 is 17.0 Å². The fourth-order valence-corrected chi connectivity index (χ4v) is 2.74. The molecule has 20 heavy (non-hydrogen) atoms. The molecule has 1 aromatic heterocycles. The van der Waals surface area contributed by atoms with Crippen molar-refractivity contribution in [2.24, 2.45) is 0 Å². The lowest BCUT2D eigenvalue weighted by Gasteiger charge is -2.17. The van der Waals surface area contributed by atoms with Crippen LogP contribution < -0.4 is 10.2 Å². The molecule has 3 rings (SSSR count). The standard InChI is InChI=1S/C14H19N5O/c1-4-15-14-16-12-7-9-5-11(18(2)3)6-10(9)8-13(12)19(20)17-14/h7-8,11H,4-6H2,1-3H3,(H,15,16,17). The van der Waals surface area contributed by atoms with Crippen molar-refractivity contribution < 1.29 is 4.85 Å². The Balaban J connectivity index is 2.07. The number of benzene rings is 1. The minimum absolute atomic E-state index is 0.386. The predicted molar refractivity (Wildman–Crippen MR) is 77.5 cm³/mol. The number of hydrogen-bond acceptors (Lipinski definition) is 5. The van der Waals surface area contributed by atoms with Gasteiger partial charge in [-0.2, -0.15) is 0 Å². The highest BCUT2D eigenvalue weighted by Gasteiger charge is 2.25. The van der Waals surface area contributed by atoms with E-state index in [4.69, 9.17) is 0 Å². The van der Waals surface area contributed by atoms with E-state index in [9.17, 15) is 5.21 Å². The van der Waals surface area contributed by atoms with E-state index in [0.29, 0.717) is 34.4 Å². The van der Waals surface area contributed by atoms with Gasteiger partial charge in [0, 0.05) is 18.7 Å². The van der Waals surface area contributed by atoms with Gasteiger partial charge in [-0.05, 0) is 55.9 Å². The monoisotopic (exact) mass is 273 g/mol. The van der Waals surface area contributed by atoms with Gasteiger partial charge in [0.15, 0.2) is 0 Å². The van der Waals surface area contributed by atoms with E-state index in [1.54, 1.807) is 0 Å². The summed E-state index contributed by atoms with van der Waals surface area (Å²) in [7, 11) is 4.18. The fourth-order valence-electron chi connectivity index (χ4n) is 2.74. The Kier molecular flexibility index (Phi) is 3.17. The molecule has 1 atom stereocenters. The third-order valence-corrected chi connectivity index (χ3v) is 3.89. The Morgan fingerprint density at radius 2 is 2.05 bits per heavy atom. The van der Waals surface area contributed by atoms with E-state index in [0.717, 1.165) is 12.8 Å². The van der Waals surface area contributed by atoms with E-state index < -0.39 is 0 Å². The van der Waals surface area contributed by atoms with Crippen LogP contribution in [0.4, 0.5) is 5.95 Å². The van der Waals surface area contributed by atoms with Crippen LogP contribution in [0.15, 0.2) is 12.1 Å². The second-order valence-corrected chi connectivity index (χ2v) is 5.47. The Morgan fingerprint density at radius 3 is 2.70 bits per heavy atom. The highest BCUT2D eigenvalue weighted by Crippen LogP contribution is 2.27. The average Bonchev–Trinajstić information content (AvgIpc) is 2.80. The second-order valence-electron chi connectivity index (χ2n) is 5.47. The zero-order valence-corrected chi connectivity index (χ0v) is 12.1. The van der Waals surface area contributed by atoms with Crippen molar-refractivity contribution in [1.29, 1.82) is 0 Å². The maximum absolute atomic E-state index is 12.0. The van der Waals surface area contributed by atoms with Gasteiger partial charge in [-0.15, -0.1) is 0 Å². The molecule has 0 saturated carbocycles. The summed E-state index contributed by atoms with van der Waals surface area (Å²) in [5, 5.41) is 18.9. The van der Waals surface area contributed by atoms with Crippen LogP contribution in [0.1, 0.15) is 18.1 Å². The Bertz CT molecular complexity index is 656. The number of rotatable bonds is 3. The molecule has 0 saturated heterocycles. The summed E-state index contributed by atoms with van der Waals surface area (Å²) in [5.41, 5.74) is 3.78. The molecule has 0 radical (unpaired) electrons. The molecule has 0 amide bonds. The van der Waals surface area contributed by atoms with Gasteiger partial charge < -0.3 is 15.4 Å². The first kappa shape index (κ1) is 13.1. The van der Waals surface area contributed by atoms with Crippen molar-refractivity contribution in [1.82, 2.24) is 15.0 Å². The highest BCUT2D eigenvalue weighted by atomic mass is 16.5. The average molecular weight is 273 g/mol. The summed E-state index contributed by atoms with van der Waals surface area (Å²) in [5.74, 6) is 0.386. The minimum Gasteiger partial charge on any atom is -0.594 e. The fraction of sp³-hybridized carbons (Fsp3) is 0.500. The van der Waals surface area contributed by atoms with Crippen LogP contribution in [0.5, 0.6) is 0 Å². The van der Waals surface area contributed by atoms with E-state index >= 15 is 0 Å². The van der Waals surface area contributed by atoms with Crippen molar-refractivity contribution in [3.05, 3.63) is 28.5 Å². The van der Waals surface area contributed by atoms with Gasteiger partial charge in [0.2, 0.25) is 0 Å². The van der Waals surface area contributed by atoms with Crippen molar-refractivity contribution in [2.45, 2.75) is 25.8 Å². The normalized spacial score (nSPS) is 17.7. The molecule has 1 aromatic carbocycles. The molecule has 2 aromatic rings. The van der Waals surface area contributed by atoms with Crippen LogP contribution in [-0.2, 0) is 12.8 Å². The van der Waals surface area contributed by atoms with Gasteiger partial charge in [0.25, 0.3) is 11.5 Å². The molecule has 0 bridgehead atoms. The highest BCUT2D eigenvalue weighted by molar-refractivity contribution is 5.74. The third-order valence-electron chi connectivity index (χ3n) is 3.89. The molecule has 1 heterocycles. The van der Waals surface area contributed by atoms with Crippen LogP contribution in [0.25, 0.3) is 11.0 Å². The summed E-state index contributed by atoms with van der Waals surface area (Å²) in [6.45, 7) is 2.65. The first-order valence-corrected chi connectivity index (χ1v) is 6.92. The van der Waals surface area contributed by atoms with Crippen LogP contribution in [0.3, 0.4) is 0 Å². The summed E-state index contributed by atoms with van der Waals surface area (Å²) < 4.78 is 0. The van der Waals surface area contributed by atoms with Crippen LogP contribution in [-0.4, -0.2) is 41.7 Å². The third kappa shape index (κ3) is 2.16. The van der Waals surface area contributed by atoms with Crippen molar-refractivity contribution in [2.75, 3.05) is 26.0 Å². The number of nitrogens with zero attached hydrogens (tertiary/aromatic N) is 4. The summed E-state index contributed by atoms with van der Waals surface area (Å²) >= 11 is 0. The molecule has 1 aliphatic rings. The van der Waals surface area contributed by atoms with E-state index in [-0.39, 0.29) is 0 Å². The van der Waals surface area contributed by atoms with Gasteiger partial charge >= 0.3 is 0 Å². The number of fused-ring (bicyclic) bond motifs is 2. The van der Waals surface area contributed by atoms with Crippen molar-refractivity contribution in [3.8, 4) is 0 Å². The summed E-state index contributed by atoms with van der Waals surface area (Å²) in [6.07, 6.45) is 1.99. The quantitative estimate of drug-likeness (QED) is 0.659. The first-order chi connectivity index (χ1) is 9.58. The summed E-state index contributed by atoms with van der Waals surface area (Å²) in [4.78, 5) is 7.31. The predicted octanol–water partition coefficient (Wildman–Crippen LogP) is 0.724. The van der Waals surface area contributed by atoms with E-state index in [1.807, 2.05) is 19.1 Å². The minimum atomic E-state index is 0.386. The van der Waals surface area contributed by atoms with Gasteiger partial charge in [-0.3, -0.25) is 0 Å². The molecule has 6 nitrogen and oxygen atoms in total. The van der Waals surface area contributed by atoms with Crippen LogP contribution in [0.2, 0.25) is 0 Å². The number of anilines is 1. The Morgan fingerprint density at radius 1 is 1.35 bits per heavy atom. The molecule has 1 aliphatic carbocycles. The molecule has 0 aliphatic heterocycles. The molecule has 0 fully saturated rings.